The van der Waals surface area contributed by atoms with Gasteiger partial charge in [0.1, 0.15) is 18.2 Å². The minimum Gasteiger partial charge on any atom is -0.489 e. The Morgan fingerprint density at radius 2 is 1.32 bits per heavy atom. The van der Waals surface area contributed by atoms with Crippen LogP contribution in [-0.4, -0.2) is 9.55 Å². The SMILES string of the molecule is N#Cc1ccc(COc2ccc(-c3nc4ccccc4n3Cc3ccc(C#N)cc3)cc2)cc1. The van der Waals surface area contributed by atoms with Crippen LogP contribution in [0.3, 0.4) is 0 Å². The van der Waals surface area contributed by atoms with Gasteiger partial charge in [-0.15, -0.1) is 0 Å². The molecule has 0 radical (unpaired) electrons. The predicted octanol–water partition coefficient (Wildman–Crippen LogP) is 6.07. The third-order valence-corrected chi connectivity index (χ3v) is 5.68. The summed E-state index contributed by atoms with van der Waals surface area (Å²) in [7, 11) is 0. The lowest BCUT2D eigenvalue weighted by Crippen LogP contribution is -2.02. The molecule has 0 N–H and O–H groups in total. The fourth-order valence-corrected chi connectivity index (χ4v) is 3.87. The third-order valence-electron chi connectivity index (χ3n) is 5.68. The van der Waals surface area contributed by atoms with Crippen LogP contribution in [0.2, 0.25) is 0 Å². The monoisotopic (exact) mass is 440 g/mol. The van der Waals surface area contributed by atoms with Crippen LogP contribution in [0.25, 0.3) is 22.4 Å². The first-order valence-electron chi connectivity index (χ1n) is 10.9. The van der Waals surface area contributed by atoms with Crippen LogP contribution in [0.4, 0.5) is 0 Å². The van der Waals surface area contributed by atoms with Crippen LogP contribution in [-0.2, 0) is 13.2 Å². The average Bonchev–Trinajstić information content (AvgIpc) is 3.27. The molecule has 0 amide bonds. The summed E-state index contributed by atoms with van der Waals surface area (Å²) in [5.74, 6) is 1.65. The maximum Gasteiger partial charge on any atom is 0.141 e. The second kappa shape index (κ2) is 9.32. The molecule has 34 heavy (non-hydrogen) atoms. The topological polar surface area (TPSA) is 74.6 Å². The van der Waals surface area contributed by atoms with Crippen LogP contribution in [0, 0.1) is 22.7 Å². The van der Waals surface area contributed by atoms with Gasteiger partial charge in [-0.25, -0.2) is 4.98 Å². The summed E-state index contributed by atoms with van der Waals surface area (Å²) < 4.78 is 8.12. The Morgan fingerprint density at radius 1 is 0.706 bits per heavy atom. The lowest BCUT2D eigenvalue weighted by Gasteiger charge is -2.11. The van der Waals surface area contributed by atoms with Gasteiger partial charge in [0.05, 0.1) is 34.3 Å². The number of imidazole rings is 1. The summed E-state index contributed by atoms with van der Waals surface area (Å²) in [4.78, 5) is 4.90. The molecule has 5 aromatic rings. The van der Waals surface area contributed by atoms with Crippen LogP contribution < -0.4 is 4.74 Å². The summed E-state index contributed by atoms with van der Waals surface area (Å²) in [6.45, 7) is 1.08. The van der Waals surface area contributed by atoms with Crippen molar-refractivity contribution in [3.05, 3.63) is 119 Å². The van der Waals surface area contributed by atoms with Crippen molar-refractivity contribution in [3.8, 4) is 29.3 Å². The molecule has 162 valence electrons. The van der Waals surface area contributed by atoms with Gasteiger partial charge in [-0.3, -0.25) is 0 Å². The van der Waals surface area contributed by atoms with Gasteiger partial charge in [0.15, 0.2) is 0 Å². The van der Waals surface area contributed by atoms with Crippen molar-refractivity contribution < 1.29 is 4.74 Å². The second-order valence-electron chi connectivity index (χ2n) is 7.94. The quantitative estimate of drug-likeness (QED) is 0.321. The highest BCUT2D eigenvalue weighted by molar-refractivity contribution is 5.80. The highest BCUT2D eigenvalue weighted by Crippen LogP contribution is 2.28. The average molecular weight is 441 g/mol. The predicted molar refractivity (Wildman–Crippen MR) is 131 cm³/mol. The van der Waals surface area contributed by atoms with Gasteiger partial charge in [0.2, 0.25) is 0 Å². The van der Waals surface area contributed by atoms with Crippen molar-refractivity contribution in [1.29, 1.82) is 10.5 Å². The van der Waals surface area contributed by atoms with Crippen molar-refractivity contribution in [2.75, 3.05) is 0 Å². The van der Waals surface area contributed by atoms with Crippen molar-refractivity contribution in [2.24, 2.45) is 0 Å². The van der Waals surface area contributed by atoms with Gasteiger partial charge in [-0.05, 0) is 71.8 Å². The number of rotatable bonds is 6. The van der Waals surface area contributed by atoms with E-state index in [-0.39, 0.29) is 0 Å². The maximum absolute atomic E-state index is 9.08. The van der Waals surface area contributed by atoms with Gasteiger partial charge in [0.25, 0.3) is 0 Å². The van der Waals surface area contributed by atoms with E-state index in [1.807, 2.05) is 78.9 Å². The standard InChI is InChI=1S/C29H20N4O/c30-17-21-5-9-23(10-6-21)19-33-28-4-2-1-3-27(28)32-29(33)25-13-15-26(16-14-25)34-20-24-11-7-22(18-31)8-12-24/h1-16H,19-20H2. The molecular weight excluding hydrogens is 420 g/mol. The van der Waals surface area contributed by atoms with Gasteiger partial charge in [0, 0.05) is 12.1 Å². The maximum atomic E-state index is 9.08. The van der Waals surface area contributed by atoms with Gasteiger partial charge in [-0.2, -0.15) is 10.5 Å². The molecule has 0 saturated heterocycles. The van der Waals surface area contributed by atoms with Crippen molar-refractivity contribution in [3.63, 3.8) is 0 Å². The Kier molecular flexibility index (Phi) is 5.76. The normalized spacial score (nSPS) is 10.5. The molecule has 4 aromatic carbocycles. The Labute approximate surface area is 197 Å². The van der Waals surface area contributed by atoms with E-state index >= 15 is 0 Å². The molecule has 5 rings (SSSR count). The molecule has 0 aliphatic heterocycles. The molecule has 0 aliphatic carbocycles. The first-order valence-corrected chi connectivity index (χ1v) is 10.9. The highest BCUT2D eigenvalue weighted by atomic mass is 16.5. The summed E-state index contributed by atoms with van der Waals surface area (Å²) in [6.07, 6.45) is 0. The van der Waals surface area contributed by atoms with Crippen LogP contribution in [0.15, 0.2) is 97.1 Å². The van der Waals surface area contributed by atoms with E-state index in [1.54, 1.807) is 12.1 Å². The number of benzene rings is 4. The zero-order chi connectivity index (χ0) is 23.3. The molecule has 0 atom stereocenters. The van der Waals surface area contributed by atoms with E-state index in [4.69, 9.17) is 20.2 Å². The molecule has 0 unspecified atom stereocenters. The first-order chi connectivity index (χ1) is 16.7. The van der Waals surface area contributed by atoms with E-state index in [0.29, 0.717) is 24.3 Å². The molecule has 5 heteroatoms. The molecule has 0 saturated carbocycles. The van der Waals surface area contributed by atoms with Gasteiger partial charge >= 0.3 is 0 Å². The zero-order valence-corrected chi connectivity index (χ0v) is 18.3. The zero-order valence-electron chi connectivity index (χ0n) is 18.3. The van der Waals surface area contributed by atoms with E-state index in [2.05, 4.69) is 22.8 Å². The summed E-state index contributed by atoms with van der Waals surface area (Å²) >= 11 is 0. The molecular formula is C29H20N4O. The summed E-state index contributed by atoms with van der Waals surface area (Å²) in [5.41, 5.74) is 6.39. The lowest BCUT2D eigenvalue weighted by atomic mass is 10.1. The number of hydrogen-bond donors (Lipinski definition) is 0. The summed E-state index contributed by atoms with van der Waals surface area (Å²) in [5, 5.41) is 18.0. The lowest BCUT2D eigenvalue weighted by molar-refractivity contribution is 0.306. The summed E-state index contributed by atoms with van der Waals surface area (Å²) in [6, 6.07) is 35.4. The molecule has 1 heterocycles. The van der Waals surface area contributed by atoms with Gasteiger partial charge < -0.3 is 9.30 Å². The van der Waals surface area contributed by atoms with E-state index in [1.165, 1.54) is 0 Å². The van der Waals surface area contributed by atoms with Gasteiger partial charge in [-0.1, -0.05) is 36.4 Å². The Hall–Kier alpha value is -4.87. The molecule has 1 aromatic heterocycles. The molecule has 0 bridgehead atoms. The third kappa shape index (κ3) is 4.37. The Bertz CT molecular complexity index is 1520. The number of ether oxygens (including phenoxy) is 1. The second-order valence-corrected chi connectivity index (χ2v) is 7.94. The smallest absolute Gasteiger partial charge is 0.141 e. The molecule has 5 nitrogen and oxygen atoms in total. The van der Waals surface area contributed by atoms with Crippen LogP contribution in [0.1, 0.15) is 22.3 Å². The van der Waals surface area contributed by atoms with Crippen molar-refractivity contribution >= 4 is 11.0 Å². The minimum absolute atomic E-state index is 0.433. The minimum atomic E-state index is 0.433. The van der Waals surface area contributed by atoms with E-state index < -0.39 is 0 Å². The van der Waals surface area contributed by atoms with Crippen molar-refractivity contribution in [1.82, 2.24) is 9.55 Å². The number of nitriles is 2. The molecule has 0 spiro atoms. The number of aromatic nitrogens is 2. The van der Waals surface area contributed by atoms with Crippen molar-refractivity contribution in [2.45, 2.75) is 13.2 Å². The fourth-order valence-electron chi connectivity index (χ4n) is 3.87. The number of hydrogen-bond acceptors (Lipinski definition) is 4. The molecule has 0 fully saturated rings. The van der Waals surface area contributed by atoms with Crippen LogP contribution in [0.5, 0.6) is 5.75 Å². The largest absolute Gasteiger partial charge is 0.489 e. The molecule has 0 aliphatic rings. The number of nitrogens with zero attached hydrogens (tertiary/aromatic N) is 4. The fraction of sp³-hybridized carbons (Fsp3) is 0.0690. The van der Waals surface area contributed by atoms with E-state index in [0.717, 1.165) is 39.3 Å². The van der Waals surface area contributed by atoms with Crippen LogP contribution >= 0.6 is 0 Å². The Morgan fingerprint density at radius 3 is 1.97 bits per heavy atom. The number of fused-ring (bicyclic) bond motifs is 1. The van der Waals surface area contributed by atoms with E-state index in [9.17, 15) is 0 Å². The highest BCUT2D eigenvalue weighted by Gasteiger charge is 2.13. The Balaban J connectivity index is 1.40. The number of para-hydroxylation sites is 2. The first kappa shape index (κ1) is 21.0.